The molecule has 0 aliphatic carbocycles. The van der Waals surface area contributed by atoms with Gasteiger partial charge >= 0.3 is 0 Å². The topological polar surface area (TPSA) is 63.4 Å². The van der Waals surface area contributed by atoms with Crippen molar-refractivity contribution in [2.24, 2.45) is 5.73 Å². The van der Waals surface area contributed by atoms with Crippen molar-refractivity contribution in [1.82, 2.24) is 4.31 Å². The van der Waals surface area contributed by atoms with Gasteiger partial charge in [0, 0.05) is 24.2 Å². The van der Waals surface area contributed by atoms with E-state index < -0.39 is 10.0 Å². The second-order valence-corrected chi connectivity index (χ2v) is 7.28. The van der Waals surface area contributed by atoms with E-state index in [4.69, 9.17) is 28.9 Å². The van der Waals surface area contributed by atoms with Crippen LogP contribution in [-0.2, 0) is 10.0 Å². The first kappa shape index (κ1) is 18.0. The largest absolute Gasteiger partial charge is 0.329 e. The summed E-state index contributed by atoms with van der Waals surface area (Å²) in [5.41, 5.74) is 5.67. The molecule has 0 saturated carbocycles. The van der Waals surface area contributed by atoms with Crippen LogP contribution >= 0.6 is 35.6 Å². The summed E-state index contributed by atoms with van der Waals surface area (Å²) in [6, 6.07) is 4.27. The molecular weight excluding hydrogens is 343 g/mol. The Labute approximate surface area is 135 Å². The summed E-state index contributed by atoms with van der Waals surface area (Å²) in [5.74, 6) is 0. The van der Waals surface area contributed by atoms with Crippen molar-refractivity contribution >= 4 is 45.6 Å². The highest BCUT2D eigenvalue weighted by atomic mass is 35.5. The van der Waals surface area contributed by atoms with Crippen molar-refractivity contribution in [3.8, 4) is 0 Å². The Bertz CT molecular complexity index is 566. The van der Waals surface area contributed by atoms with E-state index in [-0.39, 0.29) is 28.4 Å². The van der Waals surface area contributed by atoms with Crippen molar-refractivity contribution < 1.29 is 8.42 Å². The van der Waals surface area contributed by atoms with E-state index in [1.54, 1.807) is 0 Å². The highest BCUT2D eigenvalue weighted by Crippen LogP contribution is 2.30. The quantitative estimate of drug-likeness (QED) is 0.902. The smallest absolute Gasteiger partial charge is 0.244 e. The standard InChI is InChI=1S/C12H16Cl2N2O2S.ClH/c13-9-4-5-12(11(14)7-9)19(17,18)16-6-2-1-3-10(16)8-15;/h4-5,7,10H,1-3,6,8,15H2;1H. The van der Waals surface area contributed by atoms with Crippen molar-refractivity contribution in [2.75, 3.05) is 13.1 Å². The number of rotatable bonds is 3. The third kappa shape index (κ3) is 3.59. The average molecular weight is 360 g/mol. The molecule has 1 atom stereocenters. The fourth-order valence-corrected chi connectivity index (χ4v) is 4.79. The SMILES string of the molecule is Cl.NCC1CCCCN1S(=O)(=O)c1ccc(Cl)cc1Cl. The van der Waals surface area contributed by atoms with Crippen molar-refractivity contribution in [1.29, 1.82) is 0 Å². The Morgan fingerprint density at radius 3 is 2.60 bits per heavy atom. The lowest BCUT2D eigenvalue weighted by Crippen LogP contribution is -2.47. The van der Waals surface area contributed by atoms with Crippen LogP contribution in [0.5, 0.6) is 0 Å². The fourth-order valence-electron chi connectivity index (χ4n) is 2.34. The van der Waals surface area contributed by atoms with Crippen LogP contribution in [-0.4, -0.2) is 31.9 Å². The van der Waals surface area contributed by atoms with Crippen LogP contribution in [0.15, 0.2) is 23.1 Å². The number of halogens is 3. The van der Waals surface area contributed by atoms with Gasteiger partial charge in [0.2, 0.25) is 10.0 Å². The molecule has 0 spiro atoms. The van der Waals surface area contributed by atoms with Gasteiger partial charge in [-0.05, 0) is 31.0 Å². The van der Waals surface area contributed by atoms with Gasteiger partial charge in [0.05, 0.1) is 5.02 Å². The zero-order valence-electron chi connectivity index (χ0n) is 10.8. The number of benzene rings is 1. The average Bonchev–Trinajstić information content (AvgIpc) is 2.38. The lowest BCUT2D eigenvalue weighted by atomic mass is 10.1. The number of hydrogen-bond donors (Lipinski definition) is 1. The third-order valence-corrected chi connectivity index (χ3v) is 6.00. The van der Waals surface area contributed by atoms with Crippen LogP contribution in [0.25, 0.3) is 0 Å². The molecule has 0 aromatic heterocycles. The number of piperidine rings is 1. The van der Waals surface area contributed by atoms with Gasteiger partial charge in [-0.2, -0.15) is 4.31 Å². The van der Waals surface area contributed by atoms with Gasteiger partial charge in [-0.25, -0.2) is 8.42 Å². The second-order valence-electron chi connectivity index (χ2n) is 4.58. The molecule has 0 amide bonds. The van der Waals surface area contributed by atoms with Crippen LogP contribution in [0.4, 0.5) is 0 Å². The molecule has 8 heteroatoms. The number of nitrogens with zero attached hydrogens (tertiary/aromatic N) is 1. The van der Waals surface area contributed by atoms with E-state index in [0.29, 0.717) is 18.1 Å². The lowest BCUT2D eigenvalue weighted by Gasteiger charge is -2.34. The molecule has 1 saturated heterocycles. The molecule has 1 heterocycles. The highest BCUT2D eigenvalue weighted by Gasteiger charge is 2.33. The predicted octanol–water partition coefficient (Wildman–Crippen LogP) is 2.92. The summed E-state index contributed by atoms with van der Waals surface area (Å²) in [4.78, 5) is 0.0962. The molecule has 1 aliphatic heterocycles. The van der Waals surface area contributed by atoms with E-state index in [1.165, 1.54) is 22.5 Å². The first-order chi connectivity index (χ1) is 8.96. The van der Waals surface area contributed by atoms with Gasteiger partial charge < -0.3 is 5.73 Å². The predicted molar refractivity (Wildman–Crippen MR) is 84.3 cm³/mol. The van der Waals surface area contributed by atoms with Gasteiger partial charge in [-0.3, -0.25) is 0 Å². The van der Waals surface area contributed by atoms with E-state index in [1.807, 2.05) is 0 Å². The van der Waals surface area contributed by atoms with E-state index >= 15 is 0 Å². The van der Waals surface area contributed by atoms with Crippen molar-refractivity contribution in [3.05, 3.63) is 28.2 Å². The molecule has 0 bridgehead atoms. The molecule has 4 nitrogen and oxygen atoms in total. The Hall–Kier alpha value is -0.0400. The summed E-state index contributed by atoms with van der Waals surface area (Å²) in [6.07, 6.45) is 2.64. The van der Waals surface area contributed by atoms with Crippen molar-refractivity contribution in [3.63, 3.8) is 0 Å². The third-order valence-electron chi connectivity index (χ3n) is 3.33. The van der Waals surface area contributed by atoms with Crippen LogP contribution in [0, 0.1) is 0 Å². The minimum absolute atomic E-state index is 0. The van der Waals surface area contributed by atoms with Crippen LogP contribution in [0.2, 0.25) is 10.0 Å². The maximum Gasteiger partial charge on any atom is 0.244 e. The van der Waals surface area contributed by atoms with Gasteiger partial charge in [0.1, 0.15) is 4.90 Å². The summed E-state index contributed by atoms with van der Waals surface area (Å²) >= 11 is 11.8. The van der Waals surface area contributed by atoms with Gasteiger partial charge in [-0.1, -0.05) is 29.6 Å². The highest BCUT2D eigenvalue weighted by molar-refractivity contribution is 7.89. The second kappa shape index (κ2) is 7.29. The lowest BCUT2D eigenvalue weighted by molar-refractivity contribution is 0.257. The number of sulfonamides is 1. The molecule has 2 rings (SSSR count). The van der Waals surface area contributed by atoms with Gasteiger partial charge in [0.25, 0.3) is 0 Å². The zero-order valence-corrected chi connectivity index (χ0v) is 13.9. The Balaban J connectivity index is 0.00000200. The molecule has 0 radical (unpaired) electrons. The van der Waals surface area contributed by atoms with Crippen molar-refractivity contribution in [2.45, 2.75) is 30.2 Å². The molecule has 114 valence electrons. The van der Waals surface area contributed by atoms with Gasteiger partial charge in [0.15, 0.2) is 0 Å². The molecule has 1 aromatic rings. The summed E-state index contributed by atoms with van der Waals surface area (Å²) < 4.78 is 26.7. The Morgan fingerprint density at radius 1 is 1.30 bits per heavy atom. The van der Waals surface area contributed by atoms with E-state index in [2.05, 4.69) is 0 Å². The maximum absolute atomic E-state index is 12.6. The molecule has 2 N–H and O–H groups in total. The molecular formula is C12H17Cl3N2O2S. The Morgan fingerprint density at radius 2 is 2.00 bits per heavy atom. The zero-order chi connectivity index (χ0) is 14.0. The normalized spacial score (nSPS) is 20.4. The van der Waals surface area contributed by atoms with Crippen LogP contribution in [0.1, 0.15) is 19.3 Å². The molecule has 20 heavy (non-hydrogen) atoms. The molecule has 1 unspecified atom stereocenters. The summed E-state index contributed by atoms with van der Waals surface area (Å²) in [6.45, 7) is 0.813. The molecule has 1 aromatic carbocycles. The first-order valence-corrected chi connectivity index (χ1v) is 8.33. The monoisotopic (exact) mass is 358 g/mol. The number of hydrogen-bond acceptors (Lipinski definition) is 3. The Kier molecular flexibility index (Phi) is 6.57. The minimum Gasteiger partial charge on any atom is -0.329 e. The fraction of sp³-hybridized carbons (Fsp3) is 0.500. The summed E-state index contributed by atoms with van der Waals surface area (Å²) in [7, 11) is -3.61. The minimum atomic E-state index is -3.61. The van der Waals surface area contributed by atoms with Gasteiger partial charge in [-0.15, -0.1) is 12.4 Å². The maximum atomic E-state index is 12.6. The number of nitrogens with two attached hydrogens (primary N) is 1. The van der Waals surface area contributed by atoms with E-state index in [9.17, 15) is 8.42 Å². The molecule has 1 fully saturated rings. The summed E-state index contributed by atoms with van der Waals surface area (Å²) in [5, 5.41) is 0.562. The first-order valence-electron chi connectivity index (χ1n) is 6.14. The molecule has 1 aliphatic rings. The van der Waals surface area contributed by atoms with Crippen LogP contribution < -0.4 is 5.73 Å². The van der Waals surface area contributed by atoms with Crippen LogP contribution in [0.3, 0.4) is 0 Å². The van der Waals surface area contributed by atoms with E-state index in [0.717, 1.165) is 19.3 Å².